The van der Waals surface area contributed by atoms with E-state index in [1.54, 1.807) is 42.4 Å². The Bertz CT molecular complexity index is 996. The number of amides is 1. The van der Waals surface area contributed by atoms with Gasteiger partial charge in [-0.2, -0.15) is 0 Å². The van der Waals surface area contributed by atoms with E-state index >= 15 is 0 Å². The molecule has 0 spiro atoms. The van der Waals surface area contributed by atoms with Gasteiger partial charge in [0.2, 0.25) is 0 Å². The maximum absolute atomic E-state index is 12.4. The fraction of sp³-hybridized carbons (Fsp3) is 0.273. The zero-order chi connectivity index (χ0) is 22.4. The number of carbonyl (C=O) groups excluding carboxylic acids is 1. The molecule has 1 amide bonds. The molecule has 31 heavy (non-hydrogen) atoms. The summed E-state index contributed by atoms with van der Waals surface area (Å²) in [5, 5.41) is 1.06. The van der Waals surface area contributed by atoms with Gasteiger partial charge in [0.05, 0.1) is 30.3 Å². The number of thioether (sulfide) groups is 1. The predicted octanol–water partition coefficient (Wildman–Crippen LogP) is 6.07. The lowest BCUT2D eigenvalue weighted by Crippen LogP contribution is -2.27. The van der Waals surface area contributed by atoms with E-state index in [0.29, 0.717) is 56.9 Å². The number of ether oxygens (including phenoxy) is 3. The summed E-state index contributed by atoms with van der Waals surface area (Å²) in [4.78, 5) is 14.5. The lowest BCUT2D eigenvalue weighted by molar-refractivity contribution is -0.121. The molecule has 2 aromatic rings. The maximum Gasteiger partial charge on any atom is 0.266 e. The van der Waals surface area contributed by atoms with Crippen LogP contribution in [0.2, 0.25) is 10.0 Å². The van der Waals surface area contributed by atoms with E-state index in [0.717, 1.165) is 11.3 Å². The van der Waals surface area contributed by atoms with Crippen LogP contribution in [0.1, 0.15) is 18.9 Å². The fourth-order valence-electron chi connectivity index (χ4n) is 2.84. The van der Waals surface area contributed by atoms with E-state index in [1.165, 1.54) is 11.8 Å². The summed E-state index contributed by atoms with van der Waals surface area (Å²) in [5.74, 6) is 1.59. The third-order valence-electron chi connectivity index (χ3n) is 4.36. The summed E-state index contributed by atoms with van der Waals surface area (Å²) in [6, 6.07) is 10.7. The Morgan fingerprint density at radius 3 is 2.48 bits per heavy atom. The molecule has 164 valence electrons. The van der Waals surface area contributed by atoms with Crippen molar-refractivity contribution in [3.63, 3.8) is 0 Å². The van der Waals surface area contributed by atoms with Gasteiger partial charge >= 0.3 is 0 Å². The minimum Gasteiger partial charge on any atom is -0.493 e. The molecule has 2 aromatic carbocycles. The molecule has 0 atom stereocenters. The van der Waals surface area contributed by atoms with Gasteiger partial charge < -0.3 is 14.2 Å². The number of carbonyl (C=O) groups is 1. The Kier molecular flexibility index (Phi) is 8.49. The van der Waals surface area contributed by atoms with Crippen LogP contribution in [-0.2, 0) is 4.79 Å². The van der Waals surface area contributed by atoms with Gasteiger partial charge in [-0.1, -0.05) is 47.2 Å². The van der Waals surface area contributed by atoms with Gasteiger partial charge in [0.25, 0.3) is 5.91 Å². The van der Waals surface area contributed by atoms with Crippen LogP contribution >= 0.6 is 47.2 Å². The number of nitrogens with zero attached hydrogens (tertiary/aromatic N) is 1. The monoisotopic (exact) mass is 497 g/mol. The number of halogens is 2. The molecule has 1 aliphatic heterocycles. The summed E-state index contributed by atoms with van der Waals surface area (Å²) < 4.78 is 17.5. The van der Waals surface area contributed by atoms with Crippen molar-refractivity contribution >= 4 is 63.5 Å². The SMILES string of the molecule is CCN1C(=O)/C(=C/c2cc(Cl)c(OCCCOc3ccc(Cl)cc3)c(OC)c2)SC1=S. The Morgan fingerprint density at radius 2 is 1.84 bits per heavy atom. The molecule has 0 unspecified atom stereocenters. The van der Waals surface area contributed by atoms with Crippen molar-refractivity contribution in [2.45, 2.75) is 13.3 Å². The third-order valence-corrected chi connectivity index (χ3v) is 6.27. The topological polar surface area (TPSA) is 48.0 Å². The molecule has 1 heterocycles. The highest BCUT2D eigenvalue weighted by Crippen LogP contribution is 2.39. The second-order valence-corrected chi connectivity index (χ2v) is 8.98. The number of benzene rings is 2. The van der Waals surface area contributed by atoms with E-state index in [1.807, 2.05) is 19.1 Å². The van der Waals surface area contributed by atoms with Crippen LogP contribution in [-0.4, -0.2) is 42.0 Å². The second-order valence-electron chi connectivity index (χ2n) is 6.46. The van der Waals surface area contributed by atoms with Crippen molar-refractivity contribution in [2.24, 2.45) is 0 Å². The highest BCUT2D eigenvalue weighted by Gasteiger charge is 2.30. The van der Waals surface area contributed by atoms with E-state index < -0.39 is 0 Å². The molecular weight excluding hydrogens is 477 g/mol. The molecule has 1 fully saturated rings. The van der Waals surface area contributed by atoms with Crippen LogP contribution in [0.4, 0.5) is 0 Å². The van der Waals surface area contributed by atoms with Gasteiger partial charge in [0.15, 0.2) is 11.5 Å². The van der Waals surface area contributed by atoms with E-state index in [2.05, 4.69) is 0 Å². The molecule has 0 aromatic heterocycles. The summed E-state index contributed by atoms with van der Waals surface area (Å²) in [6.45, 7) is 3.32. The smallest absolute Gasteiger partial charge is 0.266 e. The summed E-state index contributed by atoms with van der Waals surface area (Å²) in [7, 11) is 1.54. The van der Waals surface area contributed by atoms with Gasteiger partial charge in [-0.05, 0) is 55.0 Å². The predicted molar refractivity (Wildman–Crippen MR) is 131 cm³/mol. The first-order valence-electron chi connectivity index (χ1n) is 9.57. The van der Waals surface area contributed by atoms with Crippen LogP contribution < -0.4 is 14.2 Å². The molecule has 0 bridgehead atoms. The minimum atomic E-state index is -0.103. The number of rotatable bonds is 9. The molecule has 0 N–H and O–H groups in total. The lowest BCUT2D eigenvalue weighted by Gasteiger charge is -2.14. The van der Waals surface area contributed by atoms with E-state index in [-0.39, 0.29) is 5.91 Å². The molecule has 0 radical (unpaired) electrons. The Balaban J connectivity index is 1.62. The van der Waals surface area contributed by atoms with Crippen LogP contribution in [0, 0.1) is 0 Å². The zero-order valence-corrected chi connectivity index (χ0v) is 20.2. The molecule has 1 aliphatic rings. The van der Waals surface area contributed by atoms with Crippen molar-refractivity contribution in [2.75, 3.05) is 26.9 Å². The van der Waals surface area contributed by atoms with Crippen molar-refractivity contribution < 1.29 is 19.0 Å². The Morgan fingerprint density at radius 1 is 1.13 bits per heavy atom. The number of thiocarbonyl (C=S) groups is 1. The molecule has 5 nitrogen and oxygen atoms in total. The quantitative estimate of drug-likeness (QED) is 0.238. The summed E-state index contributed by atoms with van der Waals surface area (Å²) in [5.41, 5.74) is 0.733. The maximum atomic E-state index is 12.4. The highest BCUT2D eigenvalue weighted by molar-refractivity contribution is 8.26. The van der Waals surface area contributed by atoms with Gasteiger partial charge in [-0.3, -0.25) is 9.69 Å². The van der Waals surface area contributed by atoms with Crippen LogP contribution in [0.25, 0.3) is 6.08 Å². The molecule has 1 saturated heterocycles. The van der Waals surface area contributed by atoms with Crippen molar-refractivity contribution in [1.82, 2.24) is 4.90 Å². The number of likely N-dealkylation sites (N-methyl/N-ethyl adjacent to an activating group) is 1. The Labute approximate surface area is 201 Å². The van der Waals surface area contributed by atoms with Gasteiger partial charge in [-0.15, -0.1) is 0 Å². The molecule has 0 aliphatic carbocycles. The average Bonchev–Trinajstić information content (AvgIpc) is 3.02. The first kappa shape index (κ1) is 23.7. The van der Waals surface area contributed by atoms with Gasteiger partial charge in [0.1, 0.15) is 10.1 Å². The molecule has 9 heteroatoms. The van der Waals surface area contributed by atoms with Crippen molar-refractivity contribution in [1.29, 1.82) is 0 Å². The third kappa shape index (κ3) is 6.07. The average molecular weight is 498 g/mol. The Hall–Kier alpha value is -1.93. The largest absolute Gasteiger partial charge is 0.493 e. The lowest BCUT2D eigenvalue weighted by atomic mass is 10.1. The number of methoxy groups -OCH3 is 1. The van der Waals surface area contributed by atoms with Crippen LogP contribution in [0.3, 0.4) is 0 Å². The standard InChI is InChI=1S/C22H21Cl2NO4S2/c1-3-25-21(26)19(31-22(25)30)13-14-11-17(24)20(18(12-14)27-2)29-10-4-9-28-16-7-5-15(23)6-8-16/h5-8,11-13H,3-4,9-10H2,1-2H3/b19-13-. The van der Waals surface area contributed by atoms with Crippen molar-refractivity contribution in [3.8, 4) is 17.2 Å². The van der Waals surface area contributed by atoms with Crippen molar-refractivity contribution in [3.05, 3.63) is 56.9 Å². The van der Waals surface area contributed by atoms with E-state index in [9.17, 15) is 4.79 Å². The van der Waals surface area contributed by atoms with E-state index in [4.69, 9.17) is 49.6 Å². The first-order chi connectivity index (χ1) is 14.9. The van der Waals surface area contributed by atoms with Gasteiger partial charge in [0, 0.05) is 18.0 Å². The summed E-state index contributed by atoms with van der Waals surface area (Å²) in [6.07, 6.45) is 2.41. The van der Waals surface area contributed by atoms with Crippen LogP contribution in [0.15, 0.2) is 41.3 Å². The van der Waals surface area contributed by atoms with Gasteiger partial charge in [-0.25, -0.2) is 0 Å². The normalized spacial score (nSPS) is 15.0. The second kappa shape index (κ2) is 11.1. The minimum absolute atomic E-state index is 0.103. The number of hydrogen-bond acceptors (Lipinski definition) is 6. The molecule has 0 saturated carbocycles. The summed E-state index contributed by atoms with van der Waals surface area (Å²) >= 11 is 18.8. The molecular formula is C22H21Cl2NO4S2. The fourth-order valence-corrected chi connectivity index (χ4v) is 4.63. The first-order valence-corrected chi connectivity index (χ1v) is 11.5. The highest BCUT2D eigenvalue weighted by atomic mass is 35.5. The molecule has 3 rings (SSSR count). The van der Waals surface area contributed by atoms with Crippen LogP contribution in [0.5, 0.6) is 17.2 Å². The number of hydrogen-bond donors (Lipinski definition) is 0. The zero-order valence-electron chi connectivity index (χ0n) is 17.0.